The Hall–Kier alpha value is -2.29. The summed E-state index contributed by atoms with van der Waals surface area (Å²) in [5, 5.41) is 13.1. The number of aromatic nitrogens is 2. The maximum absolute atomic E-state index is 12.6. The molecule has 1 N–H and O–H groups in total. The third-order valence-corrected chi connectivity index (χ3v) is 6.99. The highest BCUT2D eigenvalue weighted by Crippen LogP contribution is 2.28. The maximum atomic E-state index is 12.6. The number of aryl methyl sites for hydroxylation is 1. The highest BCUT2D eigenvalue weighted by atomic mass is 35.5. The lowest BCUT2D eigenvalue weighted by Crippen LogP contribution is -2.49. The van der Waals surface area contributed by atoms with Crippen molar-refractivity contribution in [2.24, 2.45) is 0 Å². The average Bonchev–Trinajstić information content (AvgIpc) is 3.19. The third kappa shape index (κ3) is 5.44. The van der Waals surface area contributed by atoms with Crippen molar-refractivity contribution in [3.8, 4) is 0 Å². The van der Waals surface area contributed by atoms with Crippen LogP contribution >= 0.6 is 34.7 Å². The number of anilines is 3. The molecule has 0 aliphatic carbocycles. The van der Waals surface area contributed by atoms with Gasteiger partial charge in [-0.25, -0.2) is 0 Å². The van der Waals surface area contributed by atoms with Crippen LogP contribution in [0.1, 0.15) is 5.56 Å². The standard InChI is InChI=1S/C21H22ClN5OS2/c1-15-4-2-6-17(12-15)23-20-24-25-21(30-20)29-14-19(28)27-10-8-26(9-11-27)18-7-3-5-16(22)13-18/h2-7,12-13H,8-11,14H2,1H3,(H,23,24). The first-order valence-electron chi connectivity index (χ1n) is 9.65. The van der Waals surface area contributed by atoms with Gasteiger partial charge in [-0.1, -0.05) is 52.9 Å². The van der Waals surface area contributed by atoms with Gasteiger partial charge in [0.25, 0.3) is 0 Å². The van der Waals surface area contributed by atoms with Crippen molar-refractivity contribution in [2.45, 2.75) is 11.3 Å². The molecule has 0 saturated carbocycles. The van der Waals surface area contributed by atoms with Crippen LogP contribution in [0.3, 0.4) is 0 Å². The van der Waals surface area contributed by atoms with Crippen molar-refractivity contribution in [3.05, 3.63) is 59.1 Å². The maximum Gasteiger partial charge on any atom is 0.233 e. The number of piperazine rings is 1. The summed E-state index contributed by atoms with van der Waals surface area (Å²) in [7, 11) is 0. The van der Waals surface area contributed by atoms with Crippen LogP contribution in [0.25, 0.3) is 0 Å². The molecule has 1 saturated heterocycles. The van der Waals surface area contributed by atoms with Crippen LogP contribution in [-0.2, 0) is 4.79 Å². The predicted octanol–water partition coefficient (Wildman–Crippen LogP) is 4.68. The molecule has 156 valence electrons. The Morgan fingerprint density at radius 1 is 1.13 bits per heavy atom. The van der Waals surface area contributed by atoms with E-state index >= 15 is 0 Å². The number of nitrogens with zero attached hydrogens (tertiary/aromatic N) is 4. The summed E-state index contributed by atoms with van der Waals surface area (Å²) in [5.41, 5.74) is 3.27. The van der Waals surface area contributed by atoms with Gasteiger partial charge in [-0.2, -0.15) is 0 Å². The first kappa shape index (κ1) is 21.0. The number of benzene rings is 2. The fourth-order valence-electron chi connectivity index (χ4n) is 3.27. The molecule has 0 spiro atoms. The van der Waals surface area contributed by atoms with E-state index < -0.39 is 0 Å². The van der Waals surface area contributed by atoms with E-state index in [1.165, 1.54) is 28.7 Å². The molecule has 1 aliphatic rings. The van der Waals surface area contributed by atoms with Gasteiger partial charge in [0, 0.05) is 42.6 Å². The molecule has 0 radical (unpaired) electrons. The molecule has 2 heterocycles. The predicted molar refractivity (Wildman–Crippen MR) is 125 cm³/mol. The van der Waals surface area contributed by atoms with E-state index in [2.05, 4.69) is 32.5 Å². The topological polar surface area (TPSA) is 61.4 Å². The molecule has 1 fully saturated rings. The van der Waals surface area contributed by atoms with E-state index in [0.29, 0.717) is 18.8 Å². The molecule has 0 unspecified atom stereocenters. The molecule has 30 heavy (non-hydrogen) atoms. The van der Waals surface area contributed by atoms with Gasteiger partial charge >= 0.3 is 0 Å². The van der Waals surface area contributed by atoms with Gasteiger partial charge in [0.05, 0.1) is 5.75 Å². The summed E-state index contributed by atoms with van der Waals surface area (Å²) in [6.07, 6.45) is 0. The second kappa shape index (κ2) is 9.68. The lowest BCUT2D eigenvalue weighted by molar-refractivity contribution is -0.128. The molecule has 0 bridgehead atoms. The summed E-state index contributed by atoms with van der Waals surface area (Å²) in [4.78, 5) is 16.8. The molecule has 2 aromatic carbocycles. The number of carbonyl (C=O) groups is 1. The zero-order valence-electron chi connectivity index (χ0n) is 16.5. The number of rotatable bonds is 6. The van der Waals surface area contributed by atoms with Crippen molar-refractivity contribution in [1.82, 2.24) is 15.1 Å². The smallest absolute Gasteiger partial charge is 0.233 e. The van der Waals surface area contributed by atoms with Crippen LogP contribution in [0.4, 0.5) is 16.5 Å². The van der Waals surface area contributed by atoms with Crippen LogP contribution < -0.4 is 10.2 Å². The molecule has 6 nitrogen and oxygen atoms in total. The molecule has 1 aliphatic heterocycles. The summed E-state index contributed by atoms with van der Waals surface area (Å²) in [6.45, 7) is 5.08. The van der Waals surface area contributed by atoms with Gasteiger partial charge in [-0.3, -0.25) is 4.79 Å². The molecule has 0 atom stereocenters. The SMILES string of the molecule is Cc1cccc(Nc2nnc(SCC(=O)N3CCN(c4cccc(Cl)c4)CC3)s2)c1. The minimum atomic E-state index is 0.133. The van der Waals surface area contributed by atoms with Gasteiger partial charge < -0.3 is 15.1 Å². The summed E-state index contributed by atoms with van der Waals surface area (Å²) >= 11 is 8.99. The Kier molecular flexibility index (Phi) is 6.76. The Morgan fingerprint density at radius 2 is 1.93 bits per heavy atom. The number of hydrogen-bond acceptors (Lipinski definition) is 7. The van der Waals surface area contributed by atoms with E-state index in [1.54, 1.807) is 0 Å². The Bertz CT molecular complexity index is 1020. The van der Waals surface area contributed by atoms with E-state index in [0.717, 1.165) is 39.0 Å². The molecule has 1 aromatic heterocycles. The lowest BCUT2D eigenvalue weighted by Gasteiger charge is -2.36. The Morgan fingerprint density at radius 3 is 2.70 bits per heavy atom. The summed E-state index contributed by atoms with van der Waals surface area (Å²) in [6, 6.07) is 15.9. The van der Waals surface area contributed by atoms with E-state index in [-0.39, 0.29) is 5.91 Å². The lowest BCUT2D eigenvalue weighted by atomic mass is 10.2. The minimum Gasteiger partial charge on any atom is -0.368 e. The van der Waals surface area contributed by atoms with E-state index in [4.69, 9.17) is 11.6 Å². The van der Waals surface area contributed by atoms with Crippen LogP contribution in [0.5, 0.6) is 0 Å². The normalized spacial score (nSPS) is 14.1. The summed E-state index contributed by atoms with van der Waals surface area (Å²) in [5.74, 6) is 0.505. The van der Waals surface area contributed by atoms with Crippen molar-refractivity contribution >= 4 is 57.1 Å². The highest BCUT2D eigenvalue weighted by Gasteiger charge is 2.22. The van der Waals surface area contributed by atoms with E-state index in [9.17, 15) is 4.79 Å². The van der Waals surface area contributed by atoms with Crippen molar-refractivity contribution in [2.75, 3.05) is 42.1 Å². The van der Waals surface area contributed by atoms with Crippen LogP contribution in [-0.4, -0.2) is 52.9 Å². The second-order valence-electron chi connectivity index (χ2n) is 7.00. The fourth-order valence-corrected chi connectivity index (χ4v) is 5.13. The van der Waals surface area contributed by atoms with Crippen molar-refractivity contribution in [3.63, 3.8) is 0 Å². The fraction of sp³-hybridized carbons (Fsp3) is 0.286. The summed E-state index contributed by atoms with van der Waals surface area (Å²) < 4.78 is 0.788. The number of hydrogen-bond donors (Lipinski definition) is 1. The van der Waals surface area contributed by atoms with Crippen LogP contribution in [0.15, 0.2) is 52.9 Å². The third-order valence-electron chi connectivity index (χ3n) is 4.80. The minimum absolute atomic E-state index is 0.133. The van der Waals surface area contributed by atoms with Gasteiger partial charge in [0.1, 0.15) is 0 Å². The number of halogens is 1. The molecular formula is C21H22ClN5OS2. The zero-order valence-corrected chi connectivity index (χ0v) is 18.9. The average molecular weight is 460 g/mol. The van der Waals surface area contributed by atoms with Gasteiger partial charge in [0.2, 0.25) is 11.0 Å². The Labute approximate surface area is 189 Å². The number of amides is 1. The van der Waals surface area contributed by atoms with Crippen LogP contribution in [0, 0.1) is 6.92 Å². The highest BCUT2D eigenvalue weighted by molar-refractivity contribution is 8.01. The molecular weight excluding hydrogens is 438 g/mol. The van der Waals surface area contributed by atoms with Crippen molar-refractivity contribution in [1.29, 1.82) is 0 Å². The van der Waals surface area contributed by atoms with Gasteiger partial charge in [0.15, 0.2) is 4.34 Å². The van der Waals surface area contributed by atoms with Gasteiger partial charge in [-0.05, 0) is 42.8 Å². The first-order chi connectivity index (χ1) is 14.6. The van der Waals surface area contributed by atoms with Crippen molar-refractivity contribution < 1.29 is 4.79 Å². The first-order valence-corrected chi connectivity index (χ1v) is 11.8. The van der Waals surface area contributed by atoms with E-state index in [1.807, 2.05) is 48.2 Å². The van der Waals surface area contributed by atoms with Crippen LogP contribution in [0.2, 0.25) is 5.02 Å². The molecule has 1 amide bonds. The quantitative estimate of drug-likeness (QED) is 0.540. The largest absolute Gasteiger partial charge is 0.368 e. The van der Waals surface area contributed by atoms with Gasteiger partial charge in [-0.15, -0.1) is 10.2 Å². The molecule has 3 aromatic rings. The Balaban J connectivity index is 1.25. The number of nitrogens with one attached hydrogen (secondary N) is 1. The zero-order chi connectivity index (χ0) is 20.9. The number of carbonyl (C=O) groups excluding carboxylic acids is 1. The molecule has 9 heteroatoms. The second-order valence-corrected chi connectivity index (χ2v) is 9.64. The molecule has 4 rings (SSSR count). The monoisotopic (exact) mass is 459 g/mol. The number of thioether (sulfide) groups is 1.